The number of nitrogens with one attached hydrogen (secondary N) is 1. The van der Waals surface area contributed by atoms with Crippen LogP contribution in [0.15, 0.2) is 52.4 Å². The third-order valence-electron chi connectivity index (χ3n) is 3.68. The molecule has 3 aromatic rings. The number of rotatable bonds is 9. The van der Waals surface area contributed by atoms with E-state index in [0.29, 0.717) is 30.1 Å². The van der Waals surface area contributed by atoms with Crippen LogP contribution in [0, 0.1) is 10.1 Å². The zero-order valence-electron chi connectivity index (χ0n) is 14.3. The summed E-state index contributed by atoms with van der Waals surface area (Å²) in [6, 6.07) is 12.0. The summed E-state index contributed by atoms with van der Waals surface area (Å²) < 4.78 is 10.4. The van der Waals surface area contributed by atoms with E-state index in [2.05, 4.69) is 10.5 Å². The zero-order valence-corrected chi connectivity index (χ0v) is 15.1. The van der Waals surface area contributed by atoms with Gasteiger partial charge >= 0.3 is 5.97 Å². The van der Waals surface area contributed by atoms with E-state index in [1.807, 2.05) is 17.5 Å². The van der Waals surface area contributed by atoms with Gasteiger partial charge in [-0.05, 0) is 23.9 Å². The van der Waals surface area contributed by atoms with Crippen molar-refractivity contribution in [2.24, 2.45) is 0 Å². The largest absolute Gasteiger partial charge is 0.459 e. The molecule has 0 radical (unpaired) electrons. The molecule has 0 unspecified atom stereocenters. The Balaban J connectivity index is 1.39. The van der Waals surface area contributed by atoms with Crippen LogP contribution in [0.1, 0.15) is 18.5 Å². The number of ether oxygens (including phenoxy) is 1. The number of hydrogen-bond donors (Lipinski definition) is 1. The highest BCUT2D eigenvalue weighted by molar-refractivity contribution is 7.13. The van der Waals surface area contributed by atoms with Crippen LogP contribution in [0.3, 0.4) is 0 Å². The monoisotopic (exact) mass is 387 g/mol. The van der Waals surface area contributed by atoms with Crippen molar-refractivity contribution < 1.29 is 19.0 Å². The first-order valence-corrected chi connectivity index (χ1v) is 9.14. The topological polar surface area (TPSA) is 108 Å². The van der Waals surface area contributed by atoms with Gasteiger partial charge in [-0.2, -0.15) is 0 Å². The average molecular weight is 387 g/mol. The molecule has 0 bridgehead atoms. The average Bonchev–Trinajstić information content (AvgIpc) is 3.35. The molecule has 2 heterocycles. The van der Waals surface area contributed by atoms with Gasteiger partial charge in [-0.3, -0.25) is 14.9 Å². The highest BCUT2D eigenvalue weighted by Crippen LogP contribution is 2.25. The maximum Gasteiger partial charge on any atom is 0.306 e. The number of nitrogens with zero attached hydrogens (tertiary/aromatic N) is 2. The van der Waals surface area contributed by atoms with Crippen LogP contribution in [0.4, 0.5) is 11.4 Å². The van der Waals surface area contributed by atoms with Crippen molar-refractivity contribution in [3.8, 4) is 10.6 Å². The van der Waals surface area contributed by atoms with E-state index < -0.39 is 4.92 Å². The van der Waals surface area contributed by atoms with Crippen molar-refractivity contribution in [3.63, 3.8) is 0 Å². The van der Waals surface area contributed by atoms with Gasteiger partial charge < -0.3 is 14.6 Å². The van der Waals surface area contributed by atoms with Gasteiger partial charge in [-0.1, -0.05) is 23.4 Å². The molecule has 3 rings (SSSR count). The van der Waals surface area contributed by atoms with Gasteiger partial charge in [0, 0.05) is 25.1 Å². The van der Waals surface area contributed by atoms with Crippen molar-refractivity contribution in [1.82, 2.24) is 5.16 Å². The first kappa shape index (κ1) is 18.6. The molecule has 0 amide bonds. The Hall–Kier alpha value is -3.20. The van der Waals surface area contributed by atoms with E-state index >= 15 is 0 Å². The summed E-state index contributed by atoms with van der Waals surface area (Å²) in [5, 5.41) is 19.7. The van der Waals surface area contributed by atoms with Crippen LogP contribution in [0.25, 0.3) is 10.6 Å². The van der Waals surface area contributed by atoms with E-state index in [1.54, 1.807) is 24.3 Å². The van der Waals surface area contributed by atoms with E-state index in [4.69, 9.17) is 9.26 Å². The first-order valence-electron chi connectivity index (χ1n) is 8.26. The van der Waals surface area contributed by atoms with Gasteiger partial charge in [0.2, 0.25) is 0 Å². The maximum absolute atomic E-state index is 11.8. The molecule has 0 saturated carbocycles. The Morgan fingerprint density at radius 1 is 1.30 bits per heavy atom. The highest BCUT2D eigenvalue weighted by atomic mass is 32.1. The third kappa shape index (κ3) is 5.14. The van der Waals surface area contributed by atoms with E-state index in [0.717, 1.165) is 4.88 Å². The molecule has 0 fully saturated rings. The summed E-state index contributed by atoms with van der Waals surface area (Å²) in [4.78, 5) is 23.3. The molecule has 0 saturated heterocycles. The molecule has 2 aromatic heterocycles. The summed E-state index contributed by atoms with van der Waals surface area (Å²) in [6.07, 6.45) is 0.688. The fraction of sp³-hybridized carbons (Fsp3) is 0.222. The Morgan fingerprint density at radius 2 is 2.15 bits per heavy atom. The van der Waals surface area contributed by atoms with E-state index in [9.17, 15) is 14.9 Å². The summed E-state index contributed by atoms with van der Waals surface area (Å²) in [5.74, 6) is 0.282. The van der Waals surface area contributed by atoms with Crippen LogP contribution in [0.2, 0.25) is 0 Å². The molecule has 0 aliphatic heterocycles. The smallest absolute Gasteiger partial charge is 0.306 e. The van der Waals surface area contributed by atoms with Gasteiger partial charge in [-0.15, -0.1) is 11.3 Å². The predicted molar refractivity (Wildman–Crippen MR) is 100 cm³/mol. The molecule has 0 aliphatic rings. The normalized spacial score (nSPS) is 10.5. The van der Waals surface area contributed by atoms with Gasteiger partial charge in [0.1, 0.15) is 18.0 Å². The number of esters is 1. The van der Waals surface area contributed by atoms with Crippen LogP contribution in [0.5, 0.6) is 0 Å². The Labute approximate surface area is 158 Å². The Morgan fingerprint density at radius 3 is 2.93 bits per heavy atom. The summed E-state index contributed by atoms with van der Waals surface area (Å²) in [5.41, 5.74) is 0.983. The third-order valence-corrected chi connectivity index (χ3v) is 4.56. The number of para-hydroxylation sites is 2. The zero-order chi connectivity index (χ0) is 19.1. The van der Waals surface area contributed by atoms with Crippen molar-refractivity contribution in [1.29, 1.82) is 0 Å². The van der Waals surface area contributed by atoms with Crippen LogP contribution < -0.4 is 5.32 Å². The number of benzene rings is 1. The molecular weight excluding hydrogens is 370 g/mol. The highest BCUT2D eigenvalue weighted by Gasteiger charge is 2.12. The number of nitro benzene ring substituents is 1. The molecule has 1 aromatic carbocycles. The second-order valence-corrected chi connectivity index (χ2v) is 6.57. The molecule has 0 spiro atoms. The Kier molecular flexibility index (Phi) is 6.16. The summed E-state index contributed by atoms with van der Waals surface area (Å²) in [7, 11) is 0. The lowest BCUT2D eigenvalue weighted by Crippen LogP contribution is -2.09. The maximum atomic E-state index is 11.8. The second kappa shape index (κ2) is 8.95. The molecule has 8 nitrogen and oxygen atoms in total. The molecule has 1 N–H and O–H groups in total. The minimum absolute atomic E-state index is 0.00709. The Bertz CT molecular complexity index is 907. The van der Waals surface area contributed by atoms with E-state index in [-0.39, 0.29) is 24.7 Å². The SMILES string of the molecule is O=C(CCCNc1ccccc1[N+](=O)[O-])OCc1cc(-c2cccs2)on1. The number of nitro groups is 1. The van der Waals surface area contributed by atoms with Crippen LogP contribution in [-0.4, -0.2) is 22.6 Å². The number of carbonyl (C=O) groups is 1. The van der Waals surface area contributed by atoms with Gasteiger partial charge in [0.15, 0.2) is 5.76 Å². The molecule has 27 heavy (non-hydrogen) atoms. The lowest BCUT2D eigenvalue weighted by molar-refractivity contribution is -0.384. The molecular formula is C18H17N3O5S. The van der Waals surface area contributed by atoms with Gasteiger partial charge in [0.05, 0.1) is 9.80 Å². The number of aromatic nitrogens is 1. The van der Waals surface area contributed by atoms with Crippen molar-refractivity contribution >= 4 is 28.7 Å². The molecule has 0 aliphatic carbocycles. The second-order valence-electron chi connectivity index (χ2n) is 5.63. The summed E-state index contributed by atoms with van der Waals surface area (Å²) >= 11 is 1.54. The summed E-state index contributed by atoms with van der Waals surface area (Å²) in [6.45, 7) is 0.470. The lowest BCUT2D eigenvalue weighted by atomic mass is 10.2. The fourth-order valence-corrected chi connectivity index (χ4v) is 3.05. The molecule has 9 heteroatoms. The lowest BCUT2D eigenvalue weighted by Gasteiger charge is -2.06. The minimum atomic E-state index is -0.445. The van der Waals surface area contributed by atoms with Crippen LogP contribution >= 0.6 is 11.3 Å². The predicted octanol–water partition coefficient (Wildman–Crippen LogP) is 4.25. The number of thiophene rings is 1. The van der Waals surface area contributed by atoms with Crippen molar-refractivity contribution in [2.75, 3.05) is 11.9 Å². The van der Waals surface area contributed by atoms with E-state index in [1.165, 1.54) is 17.4 Å². The van der Waals surface area contributed by atoms with Gasteiger partial charge in [-0.25, -0.2) is 0 Å². The number of anilines is 1. The molecule has 140 valence electrons. The minimum Gasteiger partial charge on any atom is -0.459 e. The number of hydrogen-bond acceptors (Lipinski definition) is 8. The van der Waals surface area contributed by atoms with Crippen LogP contribution in [-0.2, 0) is 16.1 Å². The number of carbonyl (C=O) groups excluding carboxylic acids is 1. The van der Waals surface area contributed by atoms with Gasteiger partial charge in [0.25, 0.3) is 5.69 Å². The standard InChI is InChI=1S/C18H17N3O5S/c22-18(8-3-9-19-14-5-1-2-6-15(14)21(23)24)25-12-13-11-16(26-20-13)17-7-4-10-27-17/h1-2,4-7,10-11,19H,3,8-9,12H2. The van der Waals surface area contributed by atoms with Crippen molar-refractivity contribution in [2.45, 2.75) is 19.4 Å². The first-order chi connectivity index (χ1) is 13.1. The fourth-order valence-electron chi connectivity index (χ4n) is 2.38. The quantitative estimate of drug-likeness (QED) is 0.253. The van der Waals surface area contributed by atoms with Crippen molar-refractivity contribution in [3.05, 3.63) is 63.7 Å². The molecule has 0 atom stereocenters.